The van der Waals surface area contributed by atoms with Gasteiger partial charge in [0.15, 0.2) is 0 Å². The van der Waals surface area contributed by atoms with E-state index in [0.29, 0.717) is 10.6 Å². The molecule has 28 heavy (non-hydrogen) atoms. The first-order valence-corrected chi connectivity index (χ1v) is 10.4. The molecule has 0 aromatic heterocycles. The number of carbonyl (C=O) groups is 2. The predicted octanol–water partition coefficient (Wildman–Crippen LogP) is 3.71. The van der Waals surface area contributed by atoms with E-state index >= 15 is 0 Å². The van der Waals surface area contributed by atoms with Crippen molar-refractivity contribution in [3.05, 3.63) is 34.6 Å². The van der Waals surface area contributed by atoms with Crippen LogP contribution in [0, 0.1) is 23.6 Å². The minimum absolute atomic E-state index is 0.0149. The zero-order valence-corrected chi connectivity index (χ0v) is 16.9. The molecule has 0 saturated heterocycles. The molecule has 0 aliphatic heterocycles. The number of rotatable bonds is 5. The van der Waals surface area contributed by atoms with Gasteiger partial charge in [0.05, 0.1) is 6.54 Å². The first kappa shape index (κ1) is 19.6. The fourth-order valence-electron chi connectivity index (χ4n) is 5.96. The van der Waals surface area contributed by atoms with Gasteiger partial charge in [-0.3, -0.25) is 15.0 Å². The largest absolute Gasteiger partial charge is 0.332 e. The molecule has 3 amide bonds. The smallest absolute Gasteiger partial charge is 0.321 e. The van der Waals surface area contributed by atoms with Crippen LogP contribution in [0.5, 0.6) is 0 Å². The quantitative estimate of drug-likeness (QED) is 0.782. The van der Waals surface area contributed by atoms with E-state index in [1.807, 2.05) is 0 Å². The third-order valence-corrected chi connectivity index (χ3v) is 6.93. The van der Waals surface area contributed by atoms with Crippen molar-refractivity contribution in [1.29, 1.82) is 0 Å². The fourth-order valence-corrected chi connectivity index (χ4v) is 6.18. The maximum absolute atomic E-state index is 13.9. The number of likely N-dealkylation sites (N-methyl/N-ethyl adjacent to an activating group) is 1. The SMILES string of the molecule is CN(CC(=O)NC(=O)NC12CC3CC(CC(C3)C1)C2)Cc1c(F)cccc1Cl. The van der Waals surface area contributed by atoms with Crippen molar-refractivity contribution < 1.29 is 14.0 Å². The van der Waals surface area contributed by atoms with Crippen LogP contribution in [0.2, 0.25) is 5.02 Å². The Kier molecular flexibility index (Phi) is 5.36. The Hall–Kier alpha value is -1.66. The molecule has 0 spiro atoms. The van der Waals surface area contributed by atoms with Gasteiger partial charge in [0.1, 0.15) is 5.82 Å². The van der Waals surface area contributed by atoms with E-state index < -0.39 is 17.8 Å². The number of halogens is 2. The predicted molar refractivity (Wildman–Crippen MR) is 105 cm³/mol. The van der Waals surface area contributed by atoms with Gasteiger partial charge in [-0.2, -0.15) is 0 Å². The van der Waals surface area contributed by atoms with Crippen LogP contribution in [0.4, 0.5) is 9.18 Å². The molecule has 1 aromatic carbocycles. The van der Waals surface area contributed by atoms with Crippen molar-refractivity contribution in [2.75, 3.05) is 13.6 Å². The standard InChI is InChI=1S/C21H27ClFN3O2/c1-26(11-16-17(22)3-2-4-18(16)23)12-19(27)24-20(28)25-21-8-13-5-14(9-21)7-15(6-13)10-21/h2-4,13-15H,5-12H2,1H3,(H2,24,25,27,28). The number of imide groups is 1. The molecule has 7 heteroatoms. The Morgan fingerprint density at radius 1 is 1.18 bits per heavy atom. The number of amides is 3. The molecule has 2 N–H and O–H groups in total. The van der Waals surface area contributed by atoms with E-state index in [2.05, 4.69) is 10.6 Å². The first-order valence-electron chi connectivity index (χ1n) is 10.1. The van der Waals surface area contributed by atoms with Crippen molar-refractivity contribution in [2.45, 2.75) is 50.6 Å². The van der Waals surface area contributed by atoms with Crippen molar-refractivity contribution in [1.82, 2.24) is 15.5 Å². The summed E-state index contributed by atoms with van der Waals surface area (Å²) in [6.07, 6.45) is 6.99. The summed E-state index contributed by atoms with van der Waals surface area (Å²) in [5.74, 6) is 1.35. The Morgan fingerprint density at radius 2 is 1.79 bits per heavy atom. The average Bonchev–Trinajstić information content (AvgIpc) is 2.56. The van der Waals surface area contributed by atoms with E-state index in [9.17, 15) is 14.0 Å². The number of urea groups is 1. The van der Waals surface area contributed by atoms with Crippen molar-refractivity contribution in [3.63, 3.8) is 0 Å². The van der Waals surface area contributed by atoms with Gasteiger partial charge in [-0.05, 0) is 75.5 Å². The number of hydrogen-bond donors (Lipinski definition) is 2. The van der Waals surface area contributed by atoms with E-state index in [1.54, 1.807) is 24.1 Å². The molecule has 152 valence electrons. The maximum Gasteiger partial charge on any atom is 0.321 e. The van der Waals surface area contributed by atoms with E-state index in [1.165, 1.54) is 25.3 Å². The summed E-state index contributed by atoms with van der Waals surface area (Å²) in [7, 11) is 1.69. The van der Waals surface area contributed by atoms with Crippen LogP contribution < -0.4 is 10.6 Å². The molecule has 0 unspecified atom stereocenters. The van der Waals surface area contributed by atoms with Gasteiger partial charge < -0.3 is 5.32 Å². The van der Waals surface area contributed by atoms with Crippen LogP contribution >= 0.6 is 11.6 Å². The highest BCUT2D eigenvalue weighted by Crippen LogP contribution is 2.55. The molecule has 5 nitrogen and oxygen atoms in total. The lowest BCUT2D eigenvalue weighted by molar-refractivity contribution is -0.121. The lowest BCUT2D eigenvalue weighted by Gasteiger charge is -2.56. The highest BCUT2D eigenvalue weighted by molar-refractivity contribution is 6.31. The van der Waals surface area contributed by atoms with Crippen LogP contribution in [0.15, 0.2) is 18.2 Å². The Morgan fingerprint density at radius 3 is 2.36 bits per heavy atom. The van der Waals surface area contributed by atoms with Gasteiger partial charge in [-0.25, -0.2) is 9.18 Å². The second kappa shape index (κ2) is 7.64. The maximum atomic E-state index is 13.9. The van der Waals surface area contributed by atoms with E-state index in [4.69, 9.17) is 11.6 Å². The number of nitrogens with one attached hydrogen (secondary N) is 2. The monoisotopic (exact) mass is 407 g/mol. The number of hydrogen-bond acceptors (Lipinski definition) is 3. The summed E-state index contributed by atoms with van der Waals surface area (Å²) in [5.41, 5.74) is 0.212. The Labute approximate surface area is 170 Å². The van der Waals surface area contributed by atoms with Crippen LogP contribution in [0.1, 0.15) is 44.1 Å². The highest BCUT2D eigenvalue weighted by atomic mass is 35.5. The summed E-state index contributed by atoms with van der Waals surface area (Å²) in [6.45, 7) is 0.175. The van der Waals surface area contributed by atoms with Crippen molar-refractivity contribution >= 4 is 23.5 Å². The number of carbonyl (C=O) groups excluding carboxylic acids is 2. The normalized spacial score (nSPS) is 30.5. The Bertz CT molecular complexity index is 729. The molecule has 4 aliphatic rings. The summed E-state index contributed by atoms with van der Waals surface area (Å²) < 4.78 is 13.9. The molecular formula is C21H27ClFN3O2. The van der Waals surface area contributed by atoms with Crippen LogP contribution in [0.3, 0.4) is 0 Å². The van der Waals surface area contributed by atoms with Gasteiger partial charge >= 0.3 is 6.03 Å². The molecule has 4 aliphatic carbocycles. The van der Waals surface area contributed by atoms with Crippen LogP contribution in [-0.4, -0.2) is 36.0 Å². The average molecular weight is 408 g/mol. The molecule has 4 bridgehead atoms. The lowest BCUT2D eigenvalue weighted by atomic mass is 9.53. The molecule has 1 aromatic rings. The summed E-state index contributed by atoms with van der Waals surface area (Å²) >= 11 is 6.04. The summed E-state index contributed by atoms with van der Waals surface area (Å²) in [6, 6.07) is 4.09. The molecule has 5 rings (SSSR count). The lowest BCUT2D eigenvalue weighted by Crippen LogP contribution is -2.62. The Balaban J connectivity index is 1.28. The van der Waals surface area contributed by atoms with Gasteiger partial charge in [0, 0.05) is 22.7 Å². The fraction of sp³-hybridized carbons (Fsp3) is 0.619. The minimum atomic E-state index is -0.413. The van der Waals surface area contributed by atoms with E-state index in [-0.39, 0.29) is 18.6 Å². The number of nitrogens with zero attached hydrogens (tertiary/aromatic N) is 1. The van der Waals surface area contributed by atoms with Crippen LogP contribution in [-0.2, 0) is 11.3 Å². The van der Waals surface area contributed by atoms with Gasteiger partial charge in [-0.15, -0.1) is 0 Å². The molecule has 0 radical (unpaired) electrons. The van der Waals surface area contributed by atoms with Gasteiger partial charge in [-0.1, -0.05) is 17.7 Å². The molecule has 4 saturated carbocycles. The third kappa shape index (κ3) is 4.18. The van der Waals surface area contributed by atoms with Crippen molar-refractivity contribution in [3.8, 4) is 0 Å². The molecule has 0 heterocycles. The van der Waals surface area contributed by atoms with Gasteiger partial charge in [0.2, 0.25) is 5.91 Å². The summed E-state index contributed by atoms with van der Waals surface area (Å²) in [5, 5.41) is 5.90. The zero-order chi connectivity index (χ0) is 19.9. The molecular weight excluding hydrogens is 381 g/mol. The van der Waals surface area contributed by atoms with E-state index in [0.717, 1.165) is 37.0 Å². The third-order valence-electron chi connectivity index (χ3n) is 6.57. The zero-order valence-electron chi connectivity index (χ0n) is 16.1. The topological polar surface area (TPSA) is 61.4 Å². The van der Waals surface area contributed by atoms with Gasteiger partial charge in [0.25, 0.3) is 0 Å². The van der Waals surface area contributed by atoms with Crippen molar-refractivity contribution in [2.24, 2.45) is 17.8 Å². The minimum Gasteiger partial charge on any atom is -0.332 e. The molecule has 4 fully saturated rings. The number of benzene rings is 1. The highest BCUT2D eigenvalue weighted by Gasteiger charge is 2.51. The second-order valence-corrected chi connectivity index (χ2v) is 9.48. The summed E-state index contributed by atoms with van der Waals surface area (Å²) in [4.78, 5) is 26.3. The second-order valence-electron chi connectivity index (χ2n) is 9.07. The van der Waals surface area contributed by atoms with Crippen LogP contribution in [0.25, 0.3) is 0 Å². The first-order chi connectivity index (χ1) is 13.3. The molecule has 0 atom stereocenters.